The van der Waals surface area contributed by atoms with E-state index in [0.717, 1.165) is 48.9 Å². The third-order valence-electron chi connectivity index (χ3n) is 4.54. The van der Waals surface area contributed by atoms with Gasteiger partial charge in [0.25, 0.3) is 0 Å². The molecule has 10 heteroatoms. The predicted octanol–water partition coefficient (Wildman–Crippen LogP) is 2.55. The van der Waals surface area contributed by atoms with Crippen molar-refractivity contribution in [3.63, 3.8) is 0 Å². The van der Waals surface area contributed by atoms with Gasteiger partial charge in [0.05, 0.1) is 18.7 Å². The van der Waals surface area contributed by atoms with E-state index >= 15 is 0 Å². The zero-order valence-electron chi connectivity index (χ0n) is 18.2. The summed E-state index contributed by atoms with van der Waals surface area (Å²) in [5, 5.41) is 12.7. The van der Waals surface area contributed by atoms with Crippen molar-refractivity contribution in [2.24, 2.45) is 0 Å². The Kier molecular flexibility index (Phi) is 11.4. The van der Waals surface area contributed by atoms with E-state index in [1.807, 2.05) is 12.1 Å². The monoisotopic (exact) mass is 436 g/mol. The molecule has 172 valence electrons. The average molecular weight is 437 g/mol. The summed E-state index contributed by atoms with van der Waals surface area (Å²) in [7, 11) is 3.24. The quantitative estimate of drug-likeness (QED) is 0.207. The van der Waals surface area contributed by atoms with E-state index < -0.39 is 0 Å². The van der Waals surface area contributed by atoms with Gasteiger partial charge in [-0.05, 0) is 18.9 Å². The van der Waals surface area contributed by atoms with E-state index in [9.17, 15) is 4.79 Å². The van der Waals surface area contributed by atoms with Gasteiger partial charge in [-0.25, -0.2) is 15.4 Å². The number of methoxy groups -OCH3 is 2. The molecule has 31 heavy (non-hydrogen) atoms. The van der Waals surface area contributed by atoms with Crippen LogP contribution in [0.15, 0.2) is 18.5 Å². The van der Waals surface area contributed by atoms with Crippen LogP contribution < -0.4 is 20.3 Å². The Bertz CT molecular complexity index is 805. The fraction of sp³-hybridized carbons (Fsp3) is 0.571. The number of amides is 1. The maximum atomic E-state index is 11.0. The van der Waals surface area contributed by atoms with Gasteiger partial charge in [-0.3, -0.25) is 10.0 Å². The zero-order chi connectivity index (χ0) is 22.3. The van der Waals surface area contributed by atoms with E-state index in [-0.39, 0.29) is 5.91 Å². The van der Waals surface area contributed by atoms with Crippen molar-refractivity contribution in [1.82, 2.24) is 15.4 Å². The molecule has 0 bridgehead atoms. The Labute approximate surface area is 182 Å². The summed E-state index contributed by atoms with van der Waals surface area (Å²) in [6, 6.07) is 3.72. The first-order chi connectivity index (χ1) is 15.2. The Morgan fingerprint density at radius 3 is 2.29 bits per heavy atom. The zero-order valence-corrected chi connectivity index (χ0v) is 18.2. The number of aromatic nitrogens is 2. The van der Waals surface area contributed by atoms with Gasteiger partial charge in [0.1, 0.15) is 25.4 Å². The lowest BCUT2D eigenvalue weighted by molar-refractivity contribution is -0.129. The minimum absolute atomic E-state index is 0.334. The number of nitrogens with zero attached hydrogens (tertiary/aromatic N) is 2. The molecule has 1 aromatic carbocycles. The topological polar surface area (TPSA) is 124 Å². The van der Waals surface area contributed by atoms with Crippen molar-refractivity contribution >= 4 is 22.6 Å². The van der Waals surface area contributed by atoms with E-state index in [1.165, 1.54) is 6.33 Å². The summed E-state index contributed by atoms with van der Waals surface area (Å²) in [6.07, 6.45) is 5.42. The molecule has 1 heterocycles. The maximum absolute atomic E-state index is 11.0. The molecule has 1 amide bonds. The minimum Gasteiger partial charge on any atom is -0.487 e. The molecule has 0 unspecified atom stereocenters. The number of carbonyl (C=O) groups is 1. The molecule has 2 rings (SSSR count). The summed E-state index contributed by atoms with van der Waals surface area (Å²) >= 11 is 0. The number of carbonyl (C=O) groups excluding carboxylic acids is 1. The van der Waals surface area contributed by atoms with Crippen molar-refractivity contribution in [3.05, 3.63) is 18.5 Å². The second kappa shape index (κ2) is 14.3. The summed E-state index contributed by atoms with van der Waals surface area (Å²) in [5.41, 5.74) is 2.40. The highest BCUT2D eigenvalue weighted by Gasteiger charge is 2.12. The van der Waals surface area contributed by atoms with Crippen LogP contribution in [0.1, 0.15) is 32.1 Å². The van der Waals surface area contributed by atoms with Gasteiger partial charge in [0.15, 0.2) is 11.5 Å². The molecule has 0 fully saturated rings. The molecule has 2 aromatic rings. The molecule has 0 radical (unpaired) electrons. The number of hydroxylamine groups is 1. The fourth-order valence-electron chi connectivity index (χ4n) is 2.93. The highest BCUT2D eigenvalue weighted by Crippen LogP contribution is 2.34. The summed E-state index contributed by atoms with van der Waals surface area (Å²) in [6.45, 7) is 2.47. The highest BCUT2D eigenvalue weighted by atomic mass is 16.5. The third kappa shape index (κ3) is 8.52. The predicted molar refractivity (Wildman–Crippen MR) is 116 cm³/mol. The van der Waals surface area contributed by atoms with Gasteiger partial charge in [0.2, 0.25) is 5.91 Å². The summed E-state index contributed by atoms with van der Waals surface area (Å²) in [5.74, 6) is 1.57. The van der Waals surface area contributed by atoms with Crippen LogP contribution in [0.3, 0.4) is 0 Å². The van der Waals surface area contributed by atoms with Crippen molar-refractivity contribution in [1.29, 1.82) is 0 Å². The third-order valence-corrected chi connectivity index (χ3v) is 4.54. The lowest BCUT2D eigenvalue weighted by Crippen LogP contribution is -2.17. The Hall–Kier alpha value is -2.69. The molecule has 0 aliphatic rings. The first kappa shape index (κ1) is 24.6. The molecule has 0 atom stereocenters. The van der Waals surface area contributed by atoms with E-state index in [1.54, 1.807) is 19.7 Å². The van der Waals surface area contributed by atoms with E-state index in [0.29, 0.717) is 44.3 Å². The van der Waals surface area contributed by atoms with Gasteiger partial charge >= 0.3 is 0 Å². The molecule has 0 spiro atoms. The van der Waals surface area contributed by atoms with Crippen LogP contribution in [0.5, 0.6) is 11.5 Å². The first-order valence-electron chi connectivity index (χ1n) is 10.4. The minimum atomic E-state index is -0.348. The number of unbranched alkanes of at least 4 members (excludes halogenated alkanes) is 3. The molecular weight excluding hydrogens is 404 g/mol. The standard InChI is InChI=1S/C21H32N4O6/c1-28-9-11-30-18-13-16-17(14-19(18)31-12-10-29-2)23-15-24-21(16)22-8-6-4-3-5-7-20(26)25-27/h13-15,27H,3-12H2,1-2H3,(H,25,26)(H,22,23,24). The summed E-state index contributed by atoms with van der Waals surface area (Å²) < 4.78 is 21.8. The van der Waals surface area contributed by atoms with Crippen molar-refractivity contribution in [2.75, 3.05) is 52.5 Å². The van der Waals surface area contributed by atoms with Gasteiger partial charge in [-0.2, -0.15) is 0 Å². The smallest absolute Gasteiger partial charge is 0.243 e. The molecule has 0 aliphatic carbocycles. The first-order valence-corrected chi connectivity index (χ1v) is 10.4. The molecule has 3 N–H and O–H groups in total. The number of fused-ring (bicyclic) bond motifs is 1. The SMILES string of the molecule is COCCOc1cc2ncnc(NCCCCCCC(=O)NO)c2cc1OCCOC. The normalized spacial score (nSPS) is 10.8. The second-order valence-electron chi connectivity index (χ2n) is 6.85. The molecule has 1 aromatic heterocycles. The van der Waals surface area contributed by atoms with Crippen LogP contribution in [0.4, 0.5) is 5.82 Å². The molecule has 10 nitrogen and oxygen atoms in total. The number of benzene rings is 1. The van der Waals surface area contributed by atoms with Crippen molar-refractivity contribution in [2.45, 2.75) is 32.1 Å². The van der Waals surface area contributed by atoms with Crippen molar-refractivity contribution in [3.8, 4) is 11.5 Å². The molecule has 0 aliphatic heterocycles. The number of anilines is 1. The van der Waals surface area contributed by atoms with Crippen molar-refractivity contribution < 1.29 is 28.9 Å². The largest absolute Gasteiger partial charge is 0.487 e. The molecule has 0 saturated heterocycles. The van der Waals surface area contributed by atoms with Crippen LogP contribution in [-0.2, 0) is 14.3 Å². The molecule has 0 saturated carbocycles. The van der Waals surface area contributed by atoms with Gasteiger partial charge < -0.3 is 24.3 Å². The van der Waals surface area contributed by atoms with Crippen LogP contribution in [0, 0.1) is 0 Å². The highest BCUT2D eigenvalue weighted by molar-refractivity contribution is 5.91. The maximum Gasteiger partial charge on any atom is 0.243 e. The van der Waals surface area contributed by atoms with Gasteiger partial charge in [-0.15, -0.1) is 0 Å². The summed E-state index contributed by atoms with van der Waals surface area (Å²) in [4.78, 5) is 19.7. The number of hydrogen-bond acceptors (Lipinski definition) is 9. The Morgan fingerprint density at radius 1 is 0.935 bits per heavy atom. The van der Waals surface area contributed by atoms with E-state index in [2.05, 4.69) is 15.3 Å². The Morgan fingerprint density at radius 2 is 1.61 bits per heavy atom. The number of nitrogens with one attached hydrogen (secondary N) is 2. The van der Waals surface area contributed by atoms with E-state index in [4.69, 9.17) is 24.2 Å². The van der Waals surface area contributed by atoms with Crippen LogP contribution in [0.25, 0.3) is 10.9 Å². The van der Waals surface area contributed by atoms with Gasteiger partial charge in [-0.1, -0.05) is 12.8 Å². The average Bonchev–Trinajstić information content (AvgIpc) is 2.78. The second-order valence-corrected chi connectivity index (χ2v) is 6.85. The van der Waals surface area contributed by atoms with Crippen LogP contribution in [0.2, 0.25) is 0 Å². The lowest BCUT2D eigenvalue weighted by atomic mass is 10.1. The number of rotatable bonds is 16. The number of hydrogen-bond donors (Lipinski definition) is 3. The van der Waals surface area contributed by atoms with Crippen LogP contribution in [-0.4, -0.2) is 68.3 Å². The molecular formula is C21H32N4O6. The van der Waals surface area contributed by atoms with Gasteiger partial charge in [0, 0.05) is 38.6 Å². The Balaban J connectivity index is 2.00. The van der Waals surface area contributed by atoms with Crippen LogP contribution >= 0.6 is 0 Å². The number of ether oxygens (including phenoxy) is 4. The fourth-order valence-corrected chi connectivity index (χ4v) is 2.93. The lowest BCUT2D eigenvalue weighted by Gasteiger charge is -2.15.